The number of hydrogen-bond acceptors (Lipinski definition) is 2. The molecule has 1 aromatic carbocycles. The van der Waals surface area contributed by atoms with Crippen LogP contribution < -0.4 is 5.32 Å². The van der Waals surface area contributed by atoms with Crippen LogP contribution >= 0.6 is 11.6 Å². The molecule has 0 aromatic heterocycles. The van der Waals surface area contributed by atoms with E-state index in [1.165, 1.54) is 0 Å². The summed E-state index contributed by atoms with van der Waals surface area (Å²) in [5.41, 5.74) is 0.940. The molecule has 1 N–H and O–H groups in total. The normalized spacial score (nSPS) is 17.3. The summed E-state index contributed by atoms with van der Waals surface area (Å²) in [4.78, 5) is 14.4. The maximum absolute atomic E-state index is 12.5. The van der Waals surface area contributed by atoms with Crippen LogP contribution in [0.15, 0.2) is 24.3 Å². The highest BCUT2D eigenvalue weighted by atomic mass is 35.5. The van der Waals surface area contributed by atoms with Crippen LogP contribution in [0.25, 0.3) is 0 Å². The largest absolute Gasteiger partial charge is 0.381 e. The molecule has 0 radical (unpaired) electrons. The first kappa shape index (κ1) is 16.1. The van der Waals surface area contributed by atoms with E-state index in [2.05, 4.69) is 5.32 Å². The number of hydrogen-bond donors (Lipinski definition) is 1. The van der Waals surface area contributed by atoms with Gasteiger partial charge in [-0.15, -0.1) is 0 Å². The number of carbonyl (C=O) groups excluding carboxylic acids is 1. The molecule has 1 atom stereocenters. The Kier molecular flexibility index (Phi) is 5.88. The summed E-state index contributed by atoms with van der Waals surface area (Å²) in [6.45, 7) is 6.13. The molecule has 1 saturated heterocycles. The summed E-state index contributed by atoms with van der Waals surface area (Å²) in [5.74, 6) is 0. The van der Waals surface area contributed by atoms with E-state index in [4.69, 9.17) is 16.3 Å². The monoisotopic (exact) mass is 310 g/mol. The second-order valence-electron chi connectivity index (χ2n) is 5.32. The Labute approximate surface area is 131 Å². The topological polar surface area (TPSA) is 41.6 Å². The van der Waals surface area contributed by atoms with Crippen LogP contribution in [0.5, 0.6) is 0 Å². The van der Waals surface area contributed by atoms with E-state index in [0.29, 0.717) is 11.6 Å². The smallest absolute Gasteiger partial charge is 0.318 e. The number of halogens is 1. The van der Waals surface area contributed by atoms with E-state index in [9.17, 15) is 4.79 Å². The van der Waals surface area contributed by atoms with E-state index >= 15 is 0 Å². The first-order chi connectivity index (χ1) is 10.1. The second kappa shape index (κ2) is 7.66. The van der Waals surface area contributed by atoms with Gasteiger partial charge in [-0.05, 0) is 38.3 Å². The second-order valence-corrected chi connectivity index (χ2v) is 5.73. The molecule has 0 spiro atoms. The number of urea groups is 1. The molecule has 1 aromatic rings. The van der Waals surface area contributed by atoms with Crippen molar-refractivity contribution in [3.05, 3.63) is 34.9 Å². The van der Waals surface area contributed by atoms with Crippen molar-refractivity contribution in [2.24, 2.45) is 0 Å². The van der Waals surface area contributed by atoms with Gasteiger partial charge in [0.25, 0.3) is 0 Å². The third kappa shape index (κ3) is 4.11. The SMILES string of the molecule is CCN(C(=O)NC(C)c1ccccc1Cl)C1CCOCC1. The Hall–Kier alpha value is -1.26. The summed E-state index contributed by atoms with van der Waals surface area (Å²) >= 11 is 6.18. The van der Waals surface area contributed by atoms with Crippen molar-refractivity contribution in [2.75, 3.05) is 19.8 Å². The Morgan fingerprint density at radius 3 is 2.71 bits per heavy atom. The number of carbonyl (C=O) groups is 1. The minimum atomic E-state index is -0.111. The number of ether oxygens (including phenoxy) is 1. The summed E-state index contributed by atoms with van der Waals surface area (Å²) in [6, 6.07) is 7.73. The first-order valence-electron chi connectivity index (χ1n) is 7.52. The predicted octanol–water partition coefficient (Wildman–Crippen LogP) is 3.61. The zero-order chi connectivity index (χ0) is 15.2. The molecule has 0 bridgehead atoms. The lowest BCUT2D eigenvalue weighted by atomic mass is 10.1. The summed E-state index contributed by atoms with van der Waals surface area (Å²) in [5, 5.41) is 3.73. The summed E-state index contributed by atoms with van der Waals surface area (Å²) < 4.78 is 5.36. The quantitative estimate of drug-likeness (QED) is 0.923. The fraction of sp³-hybridized carbons (Fsp3) is 0.562. The molecule has 4 nitrogen and oxygen atoms in total. The number of benzene rings is 1. The standard InChI is InChI=1S/C16H23ClN2O2/c1-3-19(13-8-10-21-11-9-13)16(20)18-12(2)14-6-4-5-7-15(14)17/h4-7,12-13H,3,8-11H2,1-2H3,(H,18,20). The van der Waals surface area contributed by atoms with Crippen molar-refractivity contribution in [3.63, 3.8) is 0 Å². The molecule has 116 valence electrons. The fourth-order valence-corrected chi connectivity index (χ4v) is 3.04. The lowest BCUT2D eigenvalue weighted by Crippen LogP contribution is -2.48. The van der Waals surface area contributed by atoms with Crippen molar-refractivity contribution in [2.45, 2.75) is 38.8 Å². The first-order valence-corrected chi connectivity index (χ1v) is 7.90. The van der Waals surface area contributed by atoms with Crippen LogP contribution in [0.1, 0.15) is 38.3 Å². The van der Waals surface area contributed by atoms with Crippen LogP contribution in [0.2, 0.25) is 5.02 Å². The van der Waals surface area contributed by atoms with Gasteiger partial charge in [0.15, 0.2) is 0 Å². The third-order valence-corrected chi connectivity index (χ3v) is 4.29. The molecule has 1 unspecified atom stereocenters. The molecule has 0 aliphatic carbocycles. The Bertz CT molecular complexity index is 475. The van der Waals surface area contributed by atoms with Gasteiger partial charge in [0.05, 0.1) is 6.04 Å². The molecule has 2 amide bonds. The van der Waals surface area contributed by atoms with Gasteiger partial charge >= 0.3 is 6.03 Å². The van der Waals surface area contributed by atoms with Crippen LogP contribution in [-0.2, 0) is 4.74 Å². The Balaban J connectivity index is 2.00. The van der Waals surface area contributed by atoms with Gasteiger partial charge in [-0.25, -0.2) is 4.79 Å². The third-order valence-electron chi connectivity index (χ3n) is 3.94. The average Bonchev–Trinajstić information content (AvgIpc) is 2.49. The zero-order valence-corrected chi connectivity index (χ0v) is 13.4. The highest BCUT2D eigenvalue weighted by Crippen LogP contribution is 2.23. The van der Waals surface area contributed by atoms with E-state index in [0.717, 1.165) is 31.6 Å². The van der Waals surface area contributed by atoms with Crippen LogP contribution in [0.3, 0.4) is 0 Å². The average molecular weight is 311 g/mol. The fourth-order valence-electron chi connectivity index (χ4n) is 2.74. The lowest BCUT2D eigenvalue weighted by molar-refractivity contribution is 0.0469. The van der Waals surface area contributed by atoms with Crippen LogP contribution in [0, 0.1) is 0 Å². The van der Waals surface area contributed by atoms with Crippen molar-refractivity contribution < 1.29 is 9.53 Å². The predicted molar refractivity (Wildman–Crippen MR) is 84.6 cm³/mol. The van der Waals surface area contributed by atoms with Gasteiger partial charge in [0.2, 0.25) is 0 Å². The number of amides is 2. The van der Waals surface area contributed by atoms with Crippen molar-refractivity contribution >= 4 is 17.6 Å². The number of nitrogens with one attached hydrogen (secondary N) is 1. The van der Waals surface area contributed by atoms with Gasteiger partial charge in [-0.2, -0.15) is 0 Å². The van der Waals surface area contributed by atoms with E-state index in [1.807, 2.05) is 43.0 Å². The van der Waals surface area contributed by atoms with Gasteiger partial charge in [0, 0.05) is 30.8 Å². The Morgan fingerprint density at radius 2 is 2.10 bits per heavy atom. The van der Waals surface area contributed by atoms with Crippen molar-refractivity contribution in [3.8, 4) is 0 Å². The van der Waals surface area contributed by atoms with Gasteiger partial charge < -0.3 is 15.0 Å². The van der Waals surface area contributed by atoms with Gasteiger partial charge in [-0.3, -0.25) is 0 Å². The molecule has 1 aliphatic heterocycles. The zero-order valence-electron chi connectivity index (χ0n) is 12.6. The molecule has 21 heavy (non-hydrogen) atoms. The van der Waals surface area contributed by atoms with Crippen molar-refractivity contribution in [1.29, 1.82) is 0 Å². The number of nitrogens with zero attached hydrogens (tertiary/aromatic N) is 1. The maximum atomic E-state index is 12.5. The van der Waals surface area contributed by atoms with Gasteiger partial charge in [-0.1, -0.05) is 29.8 Å². The molecular formula is C16H23ClN2O2. The summed E-state index contributed by atoms with van der Waals surface area (Å²) in [7, 11) is 0. The van der Waals surface area contributed by atoms with E-state index < -0.39 is 0 Å². The highest BCUT2D eigenvalue weighted by molar-refractivity contribution is 6.31. The molecule has 1 fully saturated rings. The molecular weight excluding hydrogens is 288 g/mol. The maximum Gasteiger partial charge on any atom is 0.318 e. The number of rotatable bonds is 4. The highest BCUT2D eigenvalue weighted by Gasteiger charge is 2.25. The van der Waals surface area contributed by atoms with E-state index in [-0.39, 0.29) is 18.1 Å². The minimum absolute atomic E-state index is 0.0307. The molecule has 1 heterocycles. The molecule has 1 aliphatic rings. The molecule has 5 heteroatoms. The van der Waals surface area contributed by atoms with Crippen LogP contribution in [0.4, 0.5) is 4.79 Å². The van der Waals surface area contributed by atoms with Crippen LogP contribution in [-0.4, -0.2) is 36.7 Å². The summed E-state index contributed by atoms with van der Waals surface area (Å²) in [6.07, 6.45) is 1.81. The molecule has 0 saturated carbocycles. The van der Waals surface area contributed by atoms with E-state index in [1.54, 1.807) is 0 Å². The van der Waals surface area contributed by atoms with Gasteiger partial charge in [0.1, 0.15) is 0 Å². The van der Waals surface area contributed by atoms with Crippen molar-refractivity contribution in [1.82, 2.24) is 10.2 Å². The Morgan fingerprint density at radius 1 is 1.43 bits per heavy atom. The lowest BCUT2D eigenvalue weighted by Gasteiger charge is -2.34. The molecule has 2 rings (SSSR count). The minimum Gasteiger partial charge on any atom is -0.381 e.